The van der Waals surface area contributed by atoms with E-state index in [0.717, 1.165) is 12.8 Å². The Bertz CT molecular complexity index is 229. The van der Waals surface area contributed by atoms with Crippen LogP contribution in [-0.2, 0) is 9.53 Å². The largest absolute Gasteiger partial charge is 0.465 e. The molecule has 0 aromatic heterocycles. The van der Waals surface area contributed by atoms with E-state index in [2.05, 4.69) is 6.92 Å². The van der Waals surface area contributed by atoms with Gasteiger partial charge in [-0.15, -0.1) is 0 Å². The summed E-state index contributed by atoms with van der Waals surface area (Å²) in [6, 6.07) is 0. The maximum Gasteiger partial charge on any atom is 0.312 e. The predicted octanol–water partition coefficient (Wildman–Crippen LogP) is 1.49. The van der Waals surface area contributed by atoms with Crippen LogP contribution in [-0.4, -0.2) is 35.5 Å². The van der Waals surface area contributed by atoms with Gasteiger partial charge in [0.2, 0.25) is 0 Å². The van der Waals surface area contributed by atoms with Crippen LogP contribution in [0.3, 0.4) is 0 Å². The highest BCUT2D eigenvalue weighted by atomic mass is 16.5. The van der Waals surface area contributed by atoms with Gasteiger partial charge in [-0.25, -0.2) is 0 Å². The summed E-state index contributed by atoms with van der Waals surface area (Å²) in [7, 11) is 0. The molecule has 4 nitrogen and oxygen atoms in total. The van der Waals surface area contributed by atoms with Crippen molar-refractivity contribution in [3.63, 3.8) is 0 Å². The molecule has 0 saturated carbocycles. The van der Waals surface area contributed by atoms with Crippen LogP contribution < -0.4 is 0 Å². The lowest BCUT2D eigenvalue weighted by Crippen LogP contribution is -2.31. The Balaban J connectivity index is 2.25. The lowest BCUT2D eigenvalue weighted by atomic mass is 9.88. The van der Waals surface area contributed by atoms with Crippen LogP contribution in [0.15, 0.2) is 0 Å². The summed E-state index contributed by atoms with van der Waals surface area (Å²) < 4.78 is 4.88. The summed E-state index contributed by atoms with van der Waals surface area (Å²) in [4.78, 5) is 11.4. The predicted molar refractivity (Wildman–Crippen MR) is 64.4 cm³/mol. The highest BCUT2D eigenvalue weighted by molar-refractivity contribution is 5.75. The van der Waals surface area contributed by atoms with Crippen molar-refractivity contribution in [3.8, 4) is 0 Å². The number of carbonyl (C=O) groups is 1. The lowest BCUT2D eigenvalue weighted by Gasteiger charge is -2.19. The van der Waals surface area contributed by atoms with Crippen molar-refractivity contribution >= 4 is 5.97 Å². The Morgan fingerprint density at radius 1 is 1.35 bits per heavy atom. The number of cyclic esters (lactones) is 1. The molecule has 0 unspecified atom stereocenters. The van der Waals surface area contributed by atoms with Gasteiger partial charge in [0.05, 0.1) is 25.2 Å². The van der Waals surface area contributed by atoms with E-state index in [0.29, 0.717) is 6.42 Å². The summed E-state index contributed by atoms with van der Waals surface area (Å²) in [6.07, 6.45) is 5.59. The highest BCUT2D eigenvalue weighted by Gasteiger charge is 2.40. The first-order valence-electron chi connectivity index (χ1n) is 6.66. The maximum absolute atomic E-state index is 11.4. The minimum atomic E-state index is -0.663. The van der Waals surface area contributed by atoms with Gasteiger partial charge < -0.3 is 14.9 Å². The minimum absolute atomic E-state index is 0.0939. The van der Waals surface area contributed by atoms with Gasteiger partial charge in [-0.3, -0.25) is 4.79 Å². The van der Waals surface area contributed by atoms with Crippen molar-refractivity contribution in [1.29, 1.82) is 0 Å². The fourth-order valence-corrected chi connectivity index (χ4v) is 2.36. The second kappa shape index (κ2) is 7.67. The van der Waals surface area contributed by atoms with Crippen LogP contribution >= 0.6 is 0 Å². The maximum atomic E-state index is 11.4. The molecule has 4 heteroatoms. The zero-order chi connectivity index (χ0) is 12.7. The number of carbonyl (C=O) groups excluding carboxylic acids is 1. The molecule has 1 saturated heterocycles. The van der Waals surface area contributed by atoms with Gasteiger partial charge in [-0.1, -0.05) is 39.0 Å². The molecular weight excluding hydrogens is 220 g/mol. The van der Waals surface area contributed by atoms with Crippen molar-refractivity contribution in [2.75, 3.05) is 13.2 Å². The first-order valence-corrected chi connectivity index (χ1v) is 6.66. The van der Waals surface area contributed by atoms with Crippen molar-refractivity contribution in [2.24, 2.45) is 11.8 Å². The molecule has 0 bridgehead atoms. The van der Waals surface area contributed by atoms with E-state index in [1.807, 2.05) is 0 Å². The molecule has 1 fully saturated rings. The number of rotatable bonds is 8. The van der Waals surface area contributed by atoms with E-state index in [9.17, 15) is 9.90 Å². The van der Waals surface area contributed by atoms with Crippen LogP contribution in [0.5, 0.6) is 0 Å². The smallest absolute Gasteiger partial charge is 0.312 e. The molecule has 1 aliphatic rings. The molecule has 0 radical (unpaired) electrons. The average molecular weight is 244 g/mol. The number of aliphatic hydroxyl groups is 2. The topological polar surface area (TPSA) is 66.8 Å². The third-order valence-corrected chi connectivity index (χ3v) is 3.47. The molecule has 0 amide bonds. The lowest BCUT2D eigenvalue weighted by molar-refractivity contribution is -0.144. The van der Waals surface area contributed by atoms with E-state index in [1.165, 1.54) is 19.3 Å². The zero-order valence-electron chi connectivity index (χ0n) is 10.6. The van der Waals surface area contributed by atoms with Gasteiger partial charge in [0.15, 0.2) is 0 Å². The fourth-order valence-electron chi connectivity index (χ4n) is 2.36. The van der Waals surface area contributed by atoms with E-state index in [-0.39, 0.29) is 25.1 Å². The molecular formula is C13H24O4. The number of unbranched alkanes of at least 4 members (excludes halogenated alkanes) is 4. The summed E-state index contributed by atoms with van der Waals surface area (Å²) in [5.41, 5.74) is 0. The Morgan fingerprint density at radius 2 is 2.06 bits per heavy atom. The summed E-state index contributed by atoms with van der Waals surface area (Å²) >= 11 is 0. The summed E-state index contributed by atoms with van der Waals surface area (Å²) in [5, 5.41) is 19.1. The standard InChI is InChI=1S/C13H24O4/c1-2-3-4-5-6-7-11(15)12-10(8-14)9-17-13(12)16/h10-12,14-15H,2-9H2,1H3/t10-,11-,12+/m0/s1. The van der Waals surface area contributed by atoms with E-state index in [1.54, 1.807) is 0 Å². The Hall–Kier alpha value is -0.610. The van der Waals surface area contributed by atoms with Crippen LogP contribution in [0.2, 0.25) is 0 Å². The second-order valence-electron chi connectivity index (χ2n) is 4.87. The number of ether oxygens (including phenoxy) is 1. The molecule has 1 rings (SSSR count). The zero-order valence-corrected chi connectivity index (χ0v) is 10.6. The number of aliphatic hydroxyl groups excluding tert-OH is 2. The van der Waals surface area contributed by atoms with Gasteiger partial charge in [0.1, 0.15) is 0 Å². The molecule has 17 heavy (non-hydrogen) atoms. The van der Waals surface area contributed by atoms with Crippen molar-refractivity contribution in [3.05, 3.63) is 0 Å². The summed E-state index contributed by atoms with van der Waals surface area (Å²) in [6.45, 7) is 2.31. The van der Waals surface area contributed by atoms with Crippen LogP contribution in [0, 0.1) is 11.8 Å². The van der Waals surface area contributed by atoms with E-state index in [4.69, 9.17) is 9.84 Å². The van der Waals surface area contributed by atoms with Crippen LogP contribution in [0.4, 0.5) is 0 Å². The van der Waals surface area contributed by atoms with Gasteiger partial charge in [0.25, 0.3) is 0 Å². The third-order valence-electron chi connectivity index (χ3n) is 3.47. The first kappa shape index (κ1) is 14.5. The average Bonchev–Trinajstić information content (AvgIpc) is 2.70. The molecule has 100 valence electrons. The van der Waals surface area contributed by atoms with Gasteiger partial charge >= 0.3 is 5.97 Å². The van der Waals surface area contributed by atoms with E-state index < -0.39 is 12.0 Å². The molecule has 0 aliphatic carbocycles. The molecule has 0 aromatic rings. The van der Waals surface area contributed by atoms with Gasteiger partial charge in [-0.2, -0.15) is 0 Å². The number of hydrogen-bond donors (Lipinski definition) is 2. The Kier molecular flexibility index (Phi) is 6.52. The quantitative estimate of drug-likeness (QED) is 0.501. The Morgan fingerprint density at radius 3 is 2.71 bits per heavy atom. The Labute approximate surface area is 103 Å². The molecule has 2 N–H and O–H groups in total. The number of esters is 1. The van der Waals surface area contributed by atoms with Crippen LogP contribution in [0.1, 0.15) is 45.4 Å². The van der Waals surface area contributed by atoms with Crippen molar-refractivity contribution < 1.29 is 19.7 Å². The molecule has 3 atom stereocenters. The number of hydrogen-bond acceptors (Lipinski definition) is 4. The highest BCUT2D eigenvalue weighted by Crippen LogP contribution is 2.27. The van der Waals surface area contributed by atoms with Crippen molar-refractivity contribution in [2.45, 2.75) is 51.6 Å². The SMILES string of the molecule is CCCCCCC[C@H](O)[C@@H]1C(=O)OC[C@@H]1CO. The monoisotopic (exact) mass is 244 g/mol. The van der Waals surface area contributed by atoms with Gasteiger partial charge in [0, 0.05) is 5.92 Å². The van der Waals surface area contributed by atoms with Crippen molar-refractivity contribution in [1.82, 2.24) is 0 Å². The fraction of sp³-hybridized carbons (Fsp3) is 0.923. The minimum Gasteiger partial charge on any atom is -0.465 e. The van der Waals surface area contributed by atoms with Crippen LogP contribution in [0.25, 0.3) is 0 Å². The van der Waals surface area contributed by atoms with E-state index >= 15 is 0 Å². The molecule has 0 spiro atoms. The second-order valence-corrected chi connectivity index (χ2v) is 4.87. The third kappa shape index (κ3) is 4.28. The van der Waals surface area contributed by atoms with Gasteiger partial charge in [-0.05, 0) is 6.42 Å². The summed E-state index contributed by atoms with van der Waals surface area (Å²) in [5.74, 6) is -1.11. The molecule has 0 aromatic carbocycles. The first-order chi connectivity index (χ1) is 8.20. The molecule has 1 heterocycles. The molecule has 1 aliphatic heterocycles. The normalized spacial score (nSPS) is 25.9.